The molecule has 0 aliphatic heterocycles. The predicted molar refractivity (Wildman–Crippen MR) is 68.7 cm³/mol. The molecule has 4 N–H and O–H groups in total. The number of nitrogens with two attached hydrogens (primary N) is 1. The fraction of sp³-hybridized carbons (Fsp3) is 0.0833. The van der Waals surface area contributed by atoms with Crippen LogP contribution in [0.2, 0.25) is 0 Å². The summed E-state index contributed by atoms with van der Waals surface area (Å²) in [5, 5.41) is 8.80. The van der Waals surface area contributed by atoms with Crippen LogP contribution in [0.15, 0.2) is 30.3 Å². The molecule has 1 amide bonds. The molecule has 7 nitrogen and oxygen atoms in total. The van der Waals surface area contributed by atoms with Gasteiger partial charge in [-0.25, -0.2) is 4.79 Å². The number of esters is 1. The monoisotopic (exact) mass is 260 g/mol. The van der Waals surface area contributed by atoms with Crippen LogP contribution in [0.25, 0.3) is 0 Å². The topological polar surface area (TPSA) is 110 Å². The van der Waals surface area contributed by atoms with E-state index < -0.39 is 5.97 Å². The standard InChI is InChI=1S/C12H12N4O3/c1-19-12(18)7-2-4-8(5-3-7)14-11(17)9-6-10(13)16-15-9/h2-6H,1H3,(H,14,17)(H3,13,15,16). The van der Waals surface area contributed by atoms with E-state index in [2.05, 4.69) is 20.3 Å². The molecule has 0 atom stereocenters. The third kappa shape index (κ3) is 2.89. The second-order valence-corrected chi connectivity index (χ2v) is 3.73. The average Bonchev–Trinajstić information content (AvgIpc) is 2.85. The maximum Gasteiger partial charge on any atom is 0.337 e. The Morgan fingerprint density at radius 2 is 2.00 bits per heavy atom. The first-order valence-electron chi connectivity index (χ1n) is 5.41. The molecule has 0 bridgehead atoms. The highest BCUT2D eigenvalue weighted by Gasteiger charge is 2.10. The fourth-order valence-electron chi connectivity index (χ4n) is 1.46. The van der Waals surface area contributed by atoms with E-state index in [0.717, 1.165) is 0 Å². The number of nitrogens with zero attached hydrogens (tertiary/aromatic N) is 1. The van der Waals surface area contributed by atoms with Crippen molar-refractivity contribution in [2.45, 2.75) is 0 Å². The van der Waals surface area contributed by atoms with E-state index in [0.29, 0.717) is 11.3 Å². The molecule has 1 aromatic carbocycles. The quantitative estimate of drug-likeness (QED) is 0.714. The molecular formula is C12H12N4O3. The van der Waals surface area contributed by atoms with Gasteiger partial charge in [0.2, 0.25) is 0 Å². The Morgan fingerprint density at radius 1 is 1.32 bits per heavy atom. The van der Waals surface area contributed by atoms with Crippen molar-refractivity contribution in [3.63, 3.8) is 0 Å². The van der Waals surface area contributed by atoms with Gasteiger partial charge in [0.05, 0.1) is 12.7 Å². The van der Waals surface area contributed by atoms with Gasteiger partial charge in [0.25, 0.3) is 5.91 Å². The third-order valence-corrected chi connectivity index (χ3v) is 2.41. The number of ether oxygens (including phenoxy) is 1. The molecular weight excluding hydrogens is 248 g/mol. The lowest BCUT2D eigenvalue weighted by Gasteiger charge is -2.04. The van der Waals surface area contributed by atoms with Gasteiger partial charge in [0.15, 0.2) is 0 Å². The molecule has 0 fully saturated rings. The lowest BCUT2D eigenvalue weighted by molar-refractivity contribution is 0.0600. The molecule has 0 aliphatic rings. The van der Waals surface area contributed by atoms with Gasteiger partial charge in [0, 0.05) is 11.8 Å². The maximum atomic E-state index is 11.8. The highest BCUT2D eigenvalue weighted by atomic mass is 16.5. The minimum absolute atomic E-state index is 0.242. The molecule has 0 saturated carbocycles. The van der Waals surface area contributed by atoms with Gasteiger partial charge in [-0.05, 0) is 24.3 Å². The Labute approximate surface area is 108 Å². The summed E-state index contributed by atoms with van der Waals surface area (Å²) in [5.41, 5.74) is 6.62. The number of carbonyl (C=O) groups is 2. The molecule has 2 rings (SSSR count). The van der Waals surface area contributed by atoms with Crippen LogP contribution >= 0.6 is 0 Å². The summed E-state index contributed by atoms with van der Waals surface area (Å²) in [5.74, 6) is -0.555. The first-order valence-corrected chi connectivity index (χ1v) is 5.41. The Morgan fingerprint density at radius 3 is 2.53 bits per heavy atom. The number of anilines is 2. The molecule has 0 unspecified atom stereocenters. The minimum Gasteiger partial charge on any atom is -0.465 e. The number of aromatic amines is 1. The molecule has 1 heterocycles. The van der Waals surface area contributed by atoms with Crippen LogP contribution in [-0.2, 0) is 4.74 Å². The number of nitrogen functional groups attached to an aromatic ring is 1. The SMILES string of the molecule is COC(=O)c1ccc(NC(=O)c2cc(N)n[nH]2)cc1. The normalized spacial score (nSPS) is 9.95. The zero-order valence-corrected chi connectivity index (χ0v) is 10.1. The summed E-state index contributed by atoms with van der Waals surface area (Å²) in [6, 6.07) is 7.75. The van der Waals surface area contributed by atoms with E-state index in [4.69, 9.17) is 5.73 Å². The zero-order chi connectivity index (χ0) is 13.8. The number of rotatable bonds is 3. The van der Waals surface area contributed by atoms with E-state index in [9.17, 15) is 9.59 Å². The van der Waals surface area contributed by atoms with Crippen molar-refractivity contribution in [3.8, 4) is 0 Å². The van der Waals surface area contributed by atoms with Crippen LogP contribution in [0.4, 0.5) is 11.5 Å². The molecule has 0 radical (unpaired) electrons. The van der Waals surface area contributed by atoms with Gasteiger partial charge in [-0.1, -0.05) is 0 Å². The largest absolute Gasteiger partial charge is 0.465 e. The third-order valence-electron chi connectivity index (χ3n) is 2.41. The van der Waals surface area contributed by atoms with Crippen molar-refractivity contribution in [2.75, 3.05) is 18.2 Å². The summed E-state index contributed by atoms with van der Waals surface area (Å²) in [6.45, 7) is 0. The summed E-state index contributed by atoms with van der Waals surface area (Å²) in [7, 11) is 1.31. The Balaban J connectivity index is 2.07. The summed E-state index contributed by atoms with van der Waals surface area (Å²) < 4.78 is 4.58. The van der Waals surface area contributed by atoms with Crippen molar-refractivity contribution in [2.24, 2.45) is 0 Å². The van der Waals surface area contributed by atoms with Gasteiger partial charge in [-0.3, -0.25) is 9.89 Å². The first kappa shape index (κ1) is 12.6. The minimum atomic E-state index is -0.431. The Hall–Kier alpha value is -2.83. The number of carbonyl (C=O) groups excluding carboxylic acids is 2. The fourth-order valence-corrected chi connectivity index (χ4v) is 1.46. The van der Waals surface area contributed by atoms with Crippen molar-refractivity contribution in [1.29, 1.82) is 0 Å². The lowest BCUT2D eigenvalue weighted by atomic mass is 10.2. The van der Waals surface area contributed by atoms with Crippen molar-refractivity contribution >= 4 is 23.4 Å². The first-order chi connectivity index (χ1) is 9.10. The van der Waals surface area contributed by atoms with E-state index in [1.54, 1.807) is 24.3 Å². The number of hydrogen-bond donors (Lipinski definition) is 3. The summed E-state index contributed by atoms with van der Waals surface area (Å²) in [4.78, 5) is 23.0. The number of methoxy groups -OCH3 is 1. The number of nitrogens with one attached hydrogen (secondary N) is 2. The molecule has 7 heteroatoms. The molecule has 1 aromatic heterocycles. The predicted octanol–water partition coefficient (Wildman–Crippen LogP) is 1.03. The molecule has 0 spiro atoms. The second-order valence-electron chi connectivity index (χ2n) is 3.73. The number of aromatic nitrogens is 2. The van der Waals surface area contributed by atoms with Crippen LogP contribution in [-0.4, -0.2) is 29.2 Å². The van der Waals surface area contributed by atoms with Gasteiger partial charge in [-0.2, -0.15) is 5.10 Å². The number of hydrogen-bond acceptors (Lipinski definition) is 5. The van der Waals surface area contributed by atoms with Crippen molar-refractivity contribution in [3.05, 3.63) is 41.6 Å². The smallest absolute Gasteiger partial charge is 0.337 e. The maximum absolute atomic E-state index is 11.8. The number of benzene rings is 1. The number of H-pyrrole nitrogens is 1. The van der Waals surface area contributed by atoms with Crippen LogP contribution < -0.4 is 11.1 Å². The van der Waals surface area contributed by atoms with Gasteiger partial charge < -0.3 is 15.8 Å². The van der Waals surface area contributed by atoms with Crippen LogP contribution in [0.1, 0.15) is 20.8 Å². The van der Waals surface area contributed by atoms with Crippen LogP contribution in [0.3, 0.4) is 0 Å². The highest BCUT2D eigenvalue weighted by Crippen LogP contribution is 2.12. The van der Waals surface area contributed by atoms with E-state index >= 15 is 0 Å². The van der Waals surface area contributed by atoms with Gasteiger partial charge >= 0.3 is 5.97 Å². The molecule has 19 heavy (non-hydrogen) atoms. The molecule has 98 valence electrons. The zero-order valence-electron chi connectivity index (χ0n) is 10.1. The second kappa shape index (κ2) is 5.21. The number of amides is 1. The van der Waals surface area contributed by atoms with Crippen LogP contribution in [0.5, 0.6) is 0 Å². The molecule has 0 aliphatic carbocycles. The van der Waals surface area contributed by atoms with E-state index in [-0.39, 0.29) is 17.4 Å². The van der Waals surface area contributed by atoms with E-state index in [1.807, 2.05) is 0 Å². The van der Waals surface area contributed by atoms with Gasteiger partial charge in [0.1, 0.15) is 11.5 Å². The molecule has 2 aromatic rings. The Kier molecular flexibility index (Phi) is 3.46. The van der Waals surface area contributed by atoms with Gasteiger partial charge in [-0.15, -0.1) is 0 Å². The summed E-state index contributed by atoms with van der Waals surface area (Å²) in [6.07, 6.45) is 0. The lowest BCUT2D eigenvalue weighted by Crippen LogP contribution is -2.12. The Bertz CT molecular complexity index is 604. The average molecular weight is 260 g/mol. The van der Waals surface area contributed by atoms with Crippen molar-refractivity contribution < 1.29 is 14.3 Å². The van der Waals surface area contributed by atoms with E-state index in [1.165, 1.54) is 13.2 Å². The highest BCUT2D eigenvalue weighted by molar-refractivity contribution is 6.03. The van der Waals surface area contributed by atoms with Crippen LogP contribution in [0, 0.1) is 0 Å². The van der Waals surface area contributed by atoms with Crippen molar-refractivity contribution in [1.82, 2.24) is 10.2 Å². The summed E-state index contributed by atoms with van der Waals surface area (Å²) >= 11 is 0. The molecule has 0 saturated heterocycles.